The summed E-state index contributed by atoms with van der Waals surface area (Å²) in [6.07, 6.45) is -1.60. The number of carbonyl (C=O) groups is 2. The van der Waals surface area contributed by atoms with E-state index in [1.54, 1.807) is 12.1 Å². The molecule has 6 nitrogen and oxygen atoms in total. The van der Waals surface area contributed by atoms with Crippen LogP contribution >= 0.6 is 22.6 Å². The molecule has 92 valence electrons. The molecule has 1 unspecified atom stereocenters. The molecule has 0 saturated carbocycles. The summed E-state index contributed by atoms with van der Waals surface area (Å²) in [5, 5.41) is 22.1. The van der Waals surface area contributed by atoms with Gasteiger partial charge in [0, 0.05) is 9.26 Å². The van der Waals surface area contributed by atoms with Crippen molar-refractivity contribution in [1.29, 1.82) is 0 Å². The van der Waals surface area contributed by atoms with E-state index >= 15 is 0 Å². The largest absolute Gasteiger partial charge is 0.479 e. The third kappa shape index (κ3) is 5.00. The van der Waals surface area contributed by atoms with Crippen molar-refractivity contribution in [2.45, 2.75) is 6.10 Å². The lowest BCUT2D eigenvalue weighted by Gasteiger charge is -2.09. The monoisotopic (exact) mass is 350 g/mol. The Hall–Kier alpha value is -1.35. The van der Waals surface area contributed by atoms with E-state index < -0.39 is 18.1 Å². The van der Waals surface area contributed by atoms with Crippen molar-refractivity contribution >= 4 is 40.3 Å². The first kappa shape index (κ1) is 13.7. The molecule has 1 aromatic carbocycles. The molecule has 0 aliphatic carbocycles. The van der Waals surface area contributed by atoms with Gasteiger partial charge in [0.05, 0.1) is 6.54 Å². The van der Waals surface area contributed by atoms with E-state index in [0.29, 0.717) is 5.69 Å². The van der Waals surface area contributed by atoms with Gasteiger partial charge in [-0.2, -0.15) is 0 Å². The Morgan fingerprint density at radius 2 is 1.88 bits per heavy atom. The van der Waals surface area contributed by atoms with Crippen LogP contribution in [0.1, 0.15) is 0 Å². The number of carboxylic acids is 1. The number of aliphatic hydroxyl groups excluding tert-OH is 1. The normalized spacial score (nSPS) is 11.6. The minimum Gasteiger partial charge on any atom is -0.479 e. The van der Waals surface area contributed by atoms with E-state index in [2.05, 4.69) is 33.2 Å². The maximum atomic E-state index is 11.3. The van der Waals surface area contributed by atoms with Crippen LogP contribution in [-0.4, -0.2) is 34.9 Å². The molecule has 0 heterocycles. The highest BCUT2D eigenvalue weighted by molar-refractivity contribution is 14.1. The van der Waals surface area contributed by atoms with E-state index in [4.69, 9.17) is 10.2 Å². The zero-order valence-corrected chi connectivity index (χ0v) is 10.8. The number of carboxylic acid groups (broad SMARTS) is 1. The summed E-state index contributed by atoms with van der Waals surface area (Å²) in [4.78, 5) is 21.6. The zero-order valence-electron chi connectivity index (χ0n) is 8.68. The molecule has 0 aliphatic rings. The summed E-state index contributed by atoms with van der Waals surface area (Å²) in [5.74, 6) is -1.38. The standard InChI is InChI=1S/C10H11IN2O4/c11-6-1-3-7(4-2-6)13-10(17)12-5-8(14)9(15)16/h1-4,8,14H,5H2,(H,15,16)(H2,12,13,17). The van der Waals surface area contributed by atoms with Crippen LogP contribution in [0.4, 0.5) is 10.5 Å². The minimum absolute atomic E-state index is 0.342. The molecule has 1 aromatic rings. The minimum atomic E-state index is -1.60. The SMILES string of the molecule is O=C(NCC(O)C(=O)O)Nc1ccc(I)cc1. The van der Waals surface area contributed by atoms with Gasteiger partial charge in [0.25, 0.3) is 0 Å². The van der Waals surface area contributed by atoms with Crippen LogP contribution in [0.3, 0.4) is 0 Å². The number of hydrogen-bond donors (Lipinski definition) is 4. The van der Waals surface area contributed by atoms with Crippen molar-refractivity contribution in [2.75, 3.05) is 11.9 Å². The fourth-order valence-electron chi connectivity index (χ4n) is 0.985. The Morgan fingerprint density at radius 1 is 1.29 bits per heavy atom. The lowest BCUT2D eigenvalue weighted by molar-refractivity contribution is -0.146. The van der Waals surface area contributed by atoms with E-state index in [-0.39, 0.29) is 6.54 Å². The smallest absolute Gasteiger partial charge is 0.334 e. The number of nitrogens with one attached hydrogen (secondary N) is 2. The summed E-state index contributed by atoms with van der Waals surface area (Å²) in [6, 6.07) is 6.51. The van der Waals surface area contributed by atoms with Gasteiger partial charge < -0.3 is 20.8 Å². The Kier molecular flexibility index (Phi) is 5.16. The third-order valence-corrected chi connectivity index (χ3v) is 2.56. The van der Waals surface area contributed by atoms with Crippen LogP contribution in [0, 0.1) is 3.57 Å². The Bertz CT molecular complexity index is 407. The highest BCUT2D eigenvalue weighted by Gasteiger charge is 2.13. The number of urea groups is 1. The van der Waals surface area contributed by atoms with Crippen LogP contribution in [0.2, 0.25) is 0 Å². The maximum absolute atomic E-state index is 11.3. The number of hydrogen-bond acceptors (Lipinski definition) is 3. The molecule has 0 bridgehead atoms. The average molecular weight is 350 g/mol. The average Bonchev–Trinajstić information content (AvgIpc) is 2.29. The van der Waals surface area contributed by atoms with Crippen molar-refractivity contribution in [3.63, 3.8) is 0 Å². The maximum Gasteiger partial charge on any atom is 0.334 e. The van der Waals surface area contributed by atoms with Gasteiger partial charge in [-0.05, 0) is 46.9 Å². The number of anilines is 1. The van der Waals surface area contributed by atoms with Gasteiger partial charge in [0.1, 0.15) is 0 Å². The van der Waals surface area contributed by atoms with Crippen LogP contribution < -0.4 is 10.6 Å². The molecule has 1 rings (SSSR count). The van der Waals surface area contributed by atoms with E-state index in [1.807, 2.05) is 12.1 Å². The number of amides is 2. The topological polar surface area (TPSA) is 98.7 Å². The fourth-order valence-corrected chi connectivity index (χ4v) is 1.34. The summed E-state index contributed by atoms with van der Waals surface area (Å²) in [5.41, 5.74) is 0.590. The molecule has 0 saturated heterocycles. The van der Waals surface area contributed by atoms with Crippen molar-refractivity contribution in [3.8, 4) is 0 Å². The number of aliphatic hydroxyl groups is 1. The molecular formula is C10H11IN2O4. The molecule has 0 radical (unpaired) electrons. The number of carbonyl (C=O) groups excluding carboxylic acids is 1. The first-order valence-corrected chi connectivity index (χ1v) is 5.78. The van der Waals surface area contributed by atoms with Gasteiger partial charge in [-0.3, -0.25) is 0 Å². The number of halogens is 1. The van der Waals surface area contributed by atoms with E-state index in [0.717, 1.165) is 3.57 Å². The first-order chi connectivity index (χ1) is 7.99. The lowest BCUT2D eigenvalue weighted by atomic mass is 10.3. The molecule has 2 amide bonds. The molecular weight excluding hydrogens is 339 g/mol. The molecule has 4 N–H and O–H groups in total. The predicted octanol–water partition coefficient (Wildman–Crippen LogP) is 0.858. The molecule has 17 heavy (non-hydrogen) atoms. The van der Waals surface area contributed by atoms with Gasteiger partial charge in [-0.15, -0.1) is 0 Å². The summed E-state index contributed by atoms with van der Waals surface area (Å²) < 4.78 is 1.04. The lowest BCUT2D eigenvalue weighted by Crippen LogP contribution is -2.38. The Balaban J connectivity index is 2.39. The molecule has 0 spiro atoms. The number of rotatable bonds is 4. The van der Waals surface area contributed by atoms with Crippen LogP contribution in [0.25, 0.3) is 0 Å². The van der Waals surface area contributed by atoms with Gasteiger partial charge in [-0.1, -0.05) is 0 Å². The predicted molar refractivity (Wildman–Crippen MR) is 69.8 cm³/mol. The quantitative estimate of drug-likeness (QED) is 0.606. The summed E-state index contributed by atoms with van der Waals surface area (Å²) in [6.45, 7) is -0.342. The number of aliphatic carboxylic acids is 1. The highest BCUT2D eigenvalue weighted by atomic mass is 127. The summed E-state index contributed by atoms with van der Waals surface area (Å²) in [7, 11) is 0. The van der Waals surface area contributed by atoms with Gasteiger partial charge in [-0.25, -0.2) is 9.59 Å². The van der Waals surface area contributed by atoms with Gasteiger partial charge in [0.2, 0.25) is 0 Å². The Morgan fingerprint density at radius 3 is 2.41 bits per heavy atom. The third-order valence-electron chi connectivity index (χ3n) is 1.84. The van der Waals surface area contributed by atoms with Crippen LogP contribution in [0.15, 0.2) is 24.3 Å². The van der Waals surface area contributed by atoms with Gasteiger partial charge >= 0.3 is 12.0 Å². The van der Waals surface area contributed by atoms with Crippen molar-refractivity contribution in [2.24, 2.45) is 0 Å². The van der Waals surface area contributed by atoms with Crippen LogP contribution in [0.5, 0.6) is 0 Å². The van der Waals surface area contributed by atoms with E-state index in [1.165, 1.54) is 0 Å². The van der Waals surface area contributed by atoms with Gasteiger partial charge in [0.15, 0.2) is 6.10 Å². The number of benzene rings is 1. The molecule has 0 fully saturated rings. The van der Waals surface area contributed by atoms with Crippen LogP contribution in [-0.2, 0) is 4.79 Å². The second kappa shape index (κ2) is 6.40. The molecule has 0 aliphatic heterocycles. The van der Waals surface area contributed by atoms with E-state index in [9.17, 15) is 9.59 Å². The van der Waals surface area contributed by atoms with Crippen molar-refractivity contribution in [1.82, 2.24) is 5.32 Å². The summed E-state index contributed by atoms with van der Waals surface area (Å²) >= 11 is 2.14. The molecule has 7 heteroatoms. The second-order valence-corrected chi connectivity index (χ2v) is 4.44. The van der Waals surface area contributed by atoms with Crippen molar-refractivity contribution in [3.05, 3.63) is 27.8 Å². The zero-order chi connectivity index (χ0) is 12.8. The Labute approximate surface area is 111 Å². The fraction of sp³-hybridized carbons (Fsp3) is 0.200. The molecule has 1 atom stereocenters. The highest BCUT2D eigenvalue weighted by Crippen LogP contribution is 2.10. The second-order valence-electron chi connectivity index (χ2n) is 3.20. The van der Waals surface area contributed by atoms with Crippen molar-refractivity contribution < 1.29 is 19.8 Å². The first-order valence-electron chi connectivity index (χ1n) is 4.70. The molecule has 0 aromatic heterocycles.